The van der Waals surface area contributed by atoms with Gasteiger partial charge < -0.3 is 10.2 Å². The maximum Gasteiger partial charge on any atom is 0.0379 e. The van der Waals surface area contributed by atoms with Crippen molar-refractivity contribution in [1.82, 2.24) is 4.90 Å². The van der Waals surface area contributed by atoms with Crippen LogP contribution in [0.25, 0.3) is 0 Å². The number of piperidine rings is 1. The molecule has 2 heterocycles. The summed E-state index contributed by atoms with van der Waals surface area (Å²) in [5.41, 5.74) is 3.35. The number of nitrogens with one attached hydrogen (secondary N) is 1. The lowest BCUT2D eigenvalue weighted by Crippen LogP contribution is -2.42. The fraction of sp³-hybridized carbons (Fsp3) is 0.600. The lowest BCUT2D eigenvalue weighted by Gasteiger charge is -2.37. The Morgan fingerprint density at radius 2 is 1.76 bits per heavy atom. The molecule has 0 unspecified atom stereocenters. The van der Waals surface area contributed by atoms with Gasteiger partial charge in [-0.05, 0) is 44.6 Å². The number of nitrogens with zero attached hydrogens (tertiary/aromatic N) is 1. The summed E-state index contributed by atoms with van der Waals surface area (Å²) >= 11 is 0. The standard InChI is InChI=1S/C13H18N2.C2H6/c1-15-8-6-13(7-9-15)10-14-12-5-3-2-4-11(12)13;1-2/h2-5,14H,6-10H2,1H3;1-2H3. The highest BCUT2D eigenvalue weighted by molar-refractivity contribution is 5.60. The molecule has 0 aliphatic carbocycles. The summed E-state index contributed by atoms with van der Waals surface area (Å²) in [4.78, 5) is 2.44. The molecule has 2 aliphatic rings. The summed E-state index contributed by atoms with van der Waals surface area (Å²) in [6.07, 6.45) is 2.60. The van der Waals surface area contributed by atoms with Gasteiger partial charge in [0.25, 0.3) is 0 Å². The van der Waals surface area contributed by atoms with Crippen molar-refractivity contribution < 1.29 is 0 Å². The monoisotopic (exact) mass is 232 g/mol. The van der Waals surface area contributed by atoms with E-state index in [1.165, 1.54) is 31.6 Å². The molecule has 0 saturated carbocycles. The zero-order valence-electron chi connectivity index (χ0n) is 11.3. The van der Waals surface area contributed by atoms with E-state index in [9.17, 15) is 0 Å². The lowest BCUT2D eigenvalue weighted by molar-refractivity contribution is 0.200. The number of hydrogen-bond acceptors (Lipinski definition) is 2. The summed E-state index contributed by atoms with van der Waals surface area (Å²) in [5, 5.41) is 3.56. The van der Waals surface area contributed by atoms with Crippen molar-refractivity contribution in [3.05, 3.63) is 29.8 Å². The van der Waals surface area contributed by atoms with Crippen molar-refractivity contribution in [2.75, 3.05) is 32.0 Å². The molecular weight excluding hydrogens is 208 g/mol. The van der Waals surface area contributed by atoms with Gasteiger partial charge in [-0.1, -0.05) is 32.0 Å². The van der Waals surface area contributed by atoms with E-state index in [4.69, 9.17) is 0 Å². The van der Waals surface area contributed by atoms with E-state index in [1.54, 1.807) is 5.56 Å². The highest BCUT2D eigenvalue weighted by atomic mass is 15.1. The first-order valence-corrected chi connectivity index (χ1v) is 6.82. The van der Waals surface area contributed by atoms with Crippen LogP contribution in [-0.2, 0) is 5.41 Å². The fourth-order valence-corrected chi connectivity index (χ4v) is 2.95. The second-order valence-corrected chi connectivity index (χ2v) is 4.98. The van der Waals surface area contributed by atoms with E-state index in [-0.39, 0.29) is 0 Å². The zero-order valence-corrected chi connectivity index (χ0v) is 11.3. The van der Waals surface area contributed by atoms with E-state index in [2.05, 4.69) is 41.5 Å². The Kier molecular flexibility index (Phi) is 3.72. The molecule has 0 bridgehead atoms. The molecule has 1 saturated heterocycles. The van der Waals surface area contributed by atoms with Crippen LogP contribution in [0.5, 0.6) is 0 Å². The zero-order chi connectivity index (χ0) is 12.3. The van der Waals surface area contributed by atoms with Crippen LogP contribution in [0.2, 0.25) is 0 Å². The first kappa shape index (κ1) is 12.4. The molecule has 17 heavy (non-hydrogen) atoms. The number of benzene rings is 1. The molecule has 94 valence electrons. The highest BCUT2D eigenvalue weighted by Crippen LogP contribution is 2.43. The first-order valence-electron chi connectivity index (χ1n) is 6.82. The van der Waals surface area contributed by atoms with Crippen LogP contribution >= 0.6 is 0 Å². The molecule has 1 spiro atoms. The normalized spacial score (nSPS) is 21.4. The van der Waals surface area contributed by atoms with E-state index in [0.29, 0.717) is 5.41 Å². The largest absolute Gasteiger partial charge is 0.384 e. The van der Waals surface area contributed by atoms with Crippen molar-refractivity contribution in [2.24, 2.45) is 0 Å². The molecule has 1 N–H and O–H groups in total. The van der Waals surface area contributed by atoms with Gasteiger partial charge in [0.1, 0.15) is 0 Å². The maximum atomic E-state index is 3.56. The second-order valence-electron chi connectivity index (χ2n) is 4.98. The first-order chi connectivity index (χ1) is 8.30. The molecule has 1 aromatic rings. The summed E-state index contributed by atoms with van der Waals surface area (Å²) in [6.45, 7) is 7.60. The van der Waals surface area contributed by atoms with Crippen LogP contribution < -0.4 is 5.32 Å². The molecule has 3 rings (SSSR count). The molecule has 0 aromatic heterocycles. The van der Waals surface area contributed by atoms with E-state index in [0.717, 1.165) is 6.54 Å². The van der Waals surface area contributed by atoms with Crippen LogP contribution in [0, 0.1) is 0 Å². The van der Waals surface area contributed by atoms with Crippen LogP contribution in [0.15, 0.2) is 24.3 Å². The summed E-state index contributed by atoms with van der Waals surface area (Å²) in [6, 6.07) is 8.81. The number of hydrogen-bond donors (Lipinski definition) is 1. The van der Waals surface area contributed by atoms with Crippen molar-refractivity contribution >= 4 is 5.69 Å². The lowest BCUT2D eigenvalue weighted by atomic mass is 9.74. The highest BCUT2D eigenvalue weighted by Gasteiger charge is 2.40. The third-order valence-electron chi connectivity index (χ3n) is 4.06. The predicted octanol–water partition coefficient (Wildman–Crippen LogP) is 3.10. The van der Waals surface area contributed by atoms with Gasteiger partial charge in [-0.25, -0.2) is 0 Å². The molecule has 2 nitrogen and oxygen atoms in total. The van der Waals surface area contributed by atoms with Crippen LogP contribution in [0.1, 0.15) is 32.3 Å². The van der Waals surface area contributed by atoms with E-state index < -0.39 is 0 Å². The van der Waals surface area contributed by atoms with Crippen molar-refractivity contribution in [3.63, 3.8) is 0 Å². The number of likely N-dealkylation sites (tertiary alicyclic amines) is 1. The van der Waals surface area contributed by atoms with Gasteiger partial charge in [-0.3, -0.25) is 0 Å². The Morgan fingerprint density at radius 1 is 1.12 bits per heavy atom. The Bertz CT molecular complexity index is 365. The average Bonchev–Trinajstić information content (AvgIpc) is 2.76. The number of para-hydroxylation sites is 1. The minimum absolute atomic E-state index is 0.434. The molecule has 1 aromatic carbocycles. The molecule has 2 heteroatoms. The van der Waals surface area contributed by atoms with Gasteiger partial charge in [0.2, 0.25) is 0 Å². The van der Waals surface area contributed by atoms with Gasteiger partial charge in [0.15, 0.2) is 0 Å². The van der Waals surface area contributed by atoms with Gasteiger partial charge in [-0.2, -0.15) is 0 Å². The Balaban J connectivity index is 0.000000514. The van der Waals surface area contributed by atoms with Gasteiger partial charge >= 0.3 is 0 Å². The Morgan fingerprint density at radius 3 is 2.47 bits per heavy atom. The van der Waals surface area contributed by atoms with Gasteiger partial charge in [-0.15, -0.1) is 0 Å². The summed E-state index contributed by atoms with van der Waals surface area (Å²) in [5.74, 6) is 0. The van der Waals surface area contributed by atoms with Gasteiger partial charge in [0.05, 0.1) is 0 Å². The maximum absolute atomic E-state index is 3.56. The van der Waals surface area contributed by atoms with Gasteiger partial charge in [0, 0.05) is 17.6 Å². The SMILES string of the molecule is CC.CN1CCC2(CC1)CNc1ccccc12. The third-order valence-corrected chi connectivity index (χ3v) is 4.06. The molecular formula is C15H24N2. The number of anilines is 1. The third kappa shape index (κ3) is 2.19. The molecule has 0 radical (unpaired) electrons. The smallest absolute Gasteiger partial charge is 0.0379 e. The van der Waals surface area contributed by atoms with Crippen LogP contribution in [0.4, 0.5) is 5.69 Å². The van der Waals surface area contributed by atoms with Crippen molar-refractivity contribution in [3.8, 4) is 0 Å². The fourth-order valence-electron chi connectivity index (χ4n) is 2.95. The van der Waals surface area contributed by atoms with Crippen molar-refractivity contribution in [1.29, 1.82) is 0 Å². The number of rotatable bonds is 0. The van der Waals surface area contributed by atoms with E-state index in [1.807, 2.05) is 13.8 Å². The molecule has 0 amide bonds. The van der Waals surface area contributed by atoms with E-state index >= 15 is 0 Å². The molecule has 2 aliphatic heterocycles. The Labute approximate surface area is 105 Å². The average molecular weight is 232 g/mol. The summed E-state index contributed by atoms with van der Waals surface area (Å²) < 4.78 is 0. The molecule has 1 fully saturated rings. The Hall–Kier alpha value is -1.02. The second kappa shape index (κ2) is 5.09. The summed E-state index contributed by atoms with van der Waals surface area (Å²) in [7, 11) is 2.22. The topological polar surface area (TPSA) is 15.3 Å². The quantitative estimate of drug-likeness (QED) is 0.739. The number of fused-ring (bicyclic) bond motifs is 2. The minimum atomic E-state index is 0.434. The van der Waals surface area contributed by atoms with Crippen molar-refractivity contribution in [2.45, 2.75) is 32.1 Å². The van der Waals surface area contributed by atoms with Crippen LogP contribution in [0.3, 0.4) is 0 Å². The van der Waals surface area contributed by atoms with Crippen LogP contribution in [-0.4, -0.2) is 31.6 Å². The predicted molar refractivity (Wildman–Crippen MR) is 74.7 cm³/mol. The molecule has 0 atom stereocenters. The minimum Gasteiger partial charge on any atom is -0.384 e.